The Kier molecular flexibility index (Phi) is 4.28. The van der Waals surface area contributed by atoms with E-state index in [4.69, 9.17) is 22.7 Å². The van der Waals surface area contributed by atoms with E-state index in [1.165, 1.54) is 12.8 Å². The van der Waals surface area contributed by atoms with E-state index in [1.54, 1.807) is 12.3 Å². The summed E-state index contributed by atoms with van der Waals surface area (Å²) in [4.78, 5) is 4.57. The van der Waals surface area contributed by atoms with Crippen molar-refractivity contribution in [3.63, 3.8) is 0 Å². The summed E-state index contributed by atoms with van der Waals surface area (Å²) in [5, 5.41) is 3.18. The summed E-state index contributed by atoms with van der Waals surface area (Å²) >= 11 is 4.91. The molecule has 17 heavy (non-hydrogen) atoms. The zero-order valence-electron chi connectivity index (χ0n) is 9.69. The Morgan fingerprint density at radius 3 is 3.12 bits per heavy atom. The number of ether oxygens (including phenoxy) is 1. The molecule has 0 aliphatic heterocycles. The molecule has 0 radical (unpaired) electrons. The number of hydrogen-bond acceptors (Lipinski definition) is 4. The number of nitrogens with zero attached hydrogens (tertiary/aromatic N) is 1. The number of thiocarbonyl (C=S) groups is 1. The van der Waals surface area contributed by atoms with Crippen molar-refractivity contribution in [3.8, 4) is 0 Å². The maximum atomic E-state index is 5.55. The monoisotopic (exact) mass is 251 g/mol. The molecule has 0 aromatic carbocycles. The van der Waals surface area contributed by atoms with Crippen LogP contribution in [0.1, 0.15) is 18.4 Å². The summed E-state index contributed by atoms with van der Waals surface area (Å²) in [6, 6.07) is 3.65. The lowest BCUT2D eigenvalue weighted by atomic mass is 10.2. The molecule has 3 N–H and O–H groups in total. The molecule has 4 nitrogen and oxygen atoms in total. The second kappa shape index (κ2) is 5.93. The van der Waals surface area contributed by atoms with Crippen molar-refractivity contribution in [3.05, 3.63) is 23.9 Å². The molecule has 1 fully saturated rings. The van der Waals surface area contributed by atoms with Gasteiger partial charge in [-0.1, -0.05) is 12.2 Å². The number of aromatic nitrogens is 1. The molecule has 1 aromatic heterocycles. The zero-order valence-corrected chi connectivity index (χ0v) is 10.5. The molecule has 0 amide bonds. The average Bonchev–Trinajstić information content (AvgIpc) is 3.13. The summed E-state index contributed by atoms with van der Waals surface area (Å²) in [5.41, 5.74) is 6.38. The molecule has 1 aliphatic rings. The normalized spacial score (nSPS) is 14.6. The zero-order chi connectivity index (χ0) is 12.1. The van der Waals surface area contributed by atoms with Crippen molar-refractivity contribution in [1.29, 1.82) is 0 Å². The Labute approximate surface area is 107 Å². The summed E-state index contributed by atoms with van der Waals surface area (Å²) < 4.78 is 5.52. The van der Waals surface area contributed by atoms with E-state index in [2.05, 4.69) is 10.3 Å². The van der Waals surface area contributed by atoms with Gasteiger partial charge in [-0.3, -0.25) is 0 Å². The van der Waals surface area contributed by atoms with Gasteiger partial charge >= 0.3 is 0 Å². The van der Waals surface area contributed by atoms with Gasteiger partial charge in [0, 0.05) is 24.9 Å². The Morgan fingerprint density at radius 1 is 1.59 bits per heavy atom. The van der Waals surface area contributed by atoms with Crippen LogP contribution >= 0.6 is 12.2 Å². The molecule has 0 unspecified atom stereocenters. The highest BCUT2D eigenvalue weighted by Gasteiger charge is 2.20. The van der Waals surface area contributed by atoms with Gasteiger partial charge in [0.25, 0.3) is 0 Å². The molecule has 0 atom stereocenters. The van der Waals surface area contributed by atoms with Gasteiger partial charge in [0.15, 0.2) is 0 Å². The van der Waals surface area contributed by atoms with Gasteiger partial charge in [0.05, 0.1) is 6.61 Å². The Hall–Kier alpha value is -1.20. The molecule has 0 bridgehead atoms. The van der Waals surface area contributed by atoms with Crippen molar-refractivity contribution >= 4 is 23.0 Å². The first kappa shape index (κ1) is 12.3. The van der Waals surface area contributed by atoms with Crippen LogP contribution in [0, 0.1) is 5.92 Å². The Bertz CT molecular complexity index is 393. The summed E-state index contributed by atoms with van der Waals surface area (Å²) in [6.45, 7) is 2.35. The van der Waals surface area contributed by atoms with Crippen LogP contribution in [-0.2, 0) is 4.74 Å². The van der Waals surface area contributed by atoms with Gasteiger partial charge in [-0.2, -0.15) is 0 Å². The molecular formula is C12H17N3OS. The molecular weight excluding hydrogens is 234 g/mol. The van der Waals surface area contributed by atoms with E-state index >= 15 is 0 Å². The predicted octanol–water partition coefficient (Wildman–Crippen LogP) is 1.55. The van der Waals surface area contributed by atoms with Gasteiger partial charge in [-0.15, -0.1) is 0 Å². The van der Waals surface area contributed by atoms with E-state index in [1.807, 2.05) is 6.07 Å². The smallest absolute Gasteiger partial charge is 0.126 e. The van der Waals surface area contributed by atoms with Crippen LogP contribution < -0.4 is 11.1 Å². The third kappa shape index (κ3) is 4.28. The summed E-state index contributed by atoms with van der Waals surface area (Å²) in [7, 11) is 0. The van der Waals surface area contributed by atoms with Crippen LogP contribution in [0.2, 0.25) is 0 Å². The van der Waals surface area contributed by atoms with Gasteiger partial charge in [-0.25, -0.2) is 4.98 Å². The topological polar surface area (TPSA) is 60.2 Å². The Balaban J connectivity index is 1.70. The first-order chi connectivity index (χ1) is 8.25. The standard InChI is InChI=1S/C12H17N3OS/c13-12(17)10-3-4-14-11(7-10)15-5-6-16-8-9-1-2-9/h3-4,7,9H,1-2,5-6,8H2,(H2,13,17)(H,14,15). The van der Waals surface area contributed by atoms with Crippen LogP contribution in [0.3, 0.4) is 0 Å². The van der Waals surface area contributed by atoms with Crippen molar-refractivity contribution < 1.29 is 4.74 Å². The first-order valence-corrected chi connectivity index (χ1v) is 6.24. The number of anilines is 1. The van der Waals surface area contributed by atoms with Crippen LogP contribution in [0.15, 0.2) is 18.3 Å². The van der Waals surface area contributed by atoms with E-state index in [-0.39, 0.29) is 0 Å². The van der Waals surface area contributed by atoms with Crippen molar-refractivity contribution in [1.82, 2.24) is 4.98 Å². The van der Waals surface area contributed by atoms with Gasteiger partial charge in [0.2, 0.25) is 0 Å². The average molecular weight is 251 g/mol. The fraction of sp³-hybridized carbons (Fsp3) is 0.500. The molecule has 0 spiro atoms. The third-order valence-electron chi connectivity index (χ3n) is 2.65. The van der Waals surface area contributed by atoms with Crippen LogP contribution in [0.25, 0.3) is 0 Å². The lowest BCUT2D eigenvalue weighted by molar-refractivity contribution is 0.134. The molecule has 1 aliphatic carbocycles. The molecule has 2 rings (SSSR count). The highest BCUT2D eigenvalue weighted by Crippen LogP contribution is 2.28. The molecule has 1 heterocycles. The SMILES string of the molecule is NC(=S)c1ccnc(NCCOCC2CC2)c1. The fourth-order valence-electron chi connectivity index (χ4n) is 1.47. The van der Waals surface area contributed by atoms with Gasteiger partial charge in [0.1, 0.15) is 10.8 Å². The lowest BCUT2D eigenvalue weighted by Crippen LogP contribution is -2.13. The molecule has 92 valence electrons. The largest absolute Gasteiger partial charge is 0.389 e. The molecule has 1 saturated carbocycles. The number of nitrogens with one attached hydrogen (secondary N) is 1. The summed E-state index contributed by atoms with van der Waals surface area (Å²) in [5.74, 6) is 1.59. The minimum absolute atomic E-state index is 0.389. The van der Waals surface area contributed by atoms with E-state index < -0.39 is 0 Å². The summed E-state index contributed by atoms with van der Waals surface area (Å²) in [6.07, 6.45) is 4.35. The molecule has 1 aromatic rings. The predicted molar refractivity (Wildman–Crippen MR) is 72.2 cm³/mol. The van der Waals surface area contributed by atoms with Crippen LogP contribution in [0.5, 0.6) is 0 Å². The lowest BCUT2D eigenvalue weighted by Gasteiger charge is -2.07. The van der Waals surface area contributed by atoms with E-state index in [9.17, 15) is 0 Å². The third-order valence-corrected chi connectivity index (χ3v) is 2.88. The number of nitrogens with two attached hydrogens (primary N) is 1. The number of hydrogen-bond donors (Lipinski definition) is 2. The maximum absolute atomic E-state index is 5.55. The van der Waals surface area contributed by atoms with Crippen LogP contribution in [-0.4, -0.2) is 29.7 Å². The quantitative estimate of drug-likeness (QED) is 0.569. The van der Waals surface area contributed by atoms with E-state index in [0.29, 0.717) is 11.6 Å². The highest BCUT2D eigenvalue weighted by molar-refractivity contribution is 7.80. The fourth-order valence-corrected chi connectivity index (χ4v) is 1.59. The Morgan fingerprint density at radius 2 is 2.41 bits per heavy atom. The van der Waals surface area contributed by atoms with Crippen LogP contribution in [0.4, 0.5) is 5.82 Å². The number of pyridine rings is 1. The second-order valence-corrected chi connectivity index (χ2v) is 4.68. The van der Waals surface area contributed by atoms with Crippen molar-refractivity contribution in [2.24, 2.45) is 11.7 Å². The van der Waals surface area contributed by atoms with Gasteiger partial charge in [-0.05, 0) is 30.9 Å². The van der Waals surface area contributed by atoms with Crippen molar-refractivity contribution in [2.75, 3.05) is 25.1 Å². The highest BCUT2D eigenvalue weighted by atomic mass is 32.1. The van der Waals surface area contributed by atoms with Gasteiger partial charge < -0.3 is 15.8 Å². The maximum Gasteiger partial charge on any atom is 0.126 e. The minimum Gasteiger partial charge on any atom is -0.389 e. The minimum atomic E-state index is 0.389. The molecule has 5 heteroatoms. The second-order valence-electron chi connectivity index (χ2n) is 4.24. The van der Waals surface area contributed by atoms with E-state index in [0.717, 1.165) is 30.5 Å². The first-order valence-electron chi connectivity index (χ1n) is 5.83. The van der Waals surface area contributed by atoms with Crippen molar-refractivity contribution in [2.45, 2.75) is 12.8 Å². The molecule has 0 saturated heterocycles. The number of rotatable bonds is 7.